The Hall–Kier alpha value is -3.32. The number of rotatable bonds is 4. The van der Waals surface area contributed by atoms with Crippen LogP contribution in [0.15, 0.2) is 54.7 Å². The number of aromatic hydroxyl groups is 1. The minimum atomic E-state index is -0.681. The maximum absolute atomic E-state index is 12.4. The molecule has 0 aliphatic heterocycles. The molecule has 134 valence electrons. The second-order valence-electron chi connectivity index (χ2n) is 5.69. The molecule has 0 spiro atoms. The number of carbonyl (C=O) groups is 1. The van der Waals surface area contributed by atoms with Crippen molar-refractivity contribution in [1.29, 1.82) is 0 Å². The van der Waals surface area contributed by atoms with Crippen molar-refractivity contribution in [2.24, 2.45) is 0 Å². The Bertz CT molecular complexity index is 1110. The first kappa shape index (κ1) is 17.1. The number of nitrogens with zero attached hydrogens (tertiary/aromatic N) is 3. The highest BCUT2D eigenvalue weighted by Crippen LogP contribution is 2.42. The highest BCUT2D eigenvalue weighted by atomic mass is 32.1. The summed E-state index contributed by atoms with van der Waals surface area (Å²) in [6.45, 7) is 1.89. The maximum Gasteiger partial charge on any atom is 0.360 e. The molecule has 0 aliphatic carbocycles. The average Bonchev–Trinajstić information content (AvgIpc) is 3.15. The highest BCUT2D eigenvalue weighted by molar-refractivity contribution is 7.14. The van der Waals surface area contributed by atoms with Crippen molar-refractivity contribution in [2.75, 3.05) is 6.61 Å². The molecule has 1 aromatic carbocycles. The second-order valence-corrected chi connectivity index (χ2v) is 6.47. The molecule has 0 aliphatic rings. The summed E-state index contributed by atoms with van der Waals surface area (Å²) in [5, 5.41) is 11.3. The summed E-state index contributed by atoms with van der Waals surface area (Å²) in [6, 6.07) is 14.9. The van der Waals surface area contributed by atoms with Crippen LogP contribution < -0.4 is 0 Å². The minimum Gasteiger partial charge on any atom is -0.505 e. The van der Waals surface area contributed by atoms with E-state index in [-0.39, 0.29) is 18.1 Å². The van der Waals surface area contributed by atoms with E-state index in [2.05, 4.69) is 14.3 Å². The lowest BCUT2D eigenvalue weighted by Crippen LogP contribution is -2.08. The van der Waals surface area contributed by atoms with Gasteiger partial charge >= 0.3 is 5.97 Å². The molecule has 0 fully saturated rings. The van der Waals surface area contributed by atoms with Gasteiger partial charge in [0.1, 0.15) is 5.69 Å². The summed E-state index contributed by atoms with van der Waals surface area (Å²) >= 11 is 1.21. The van der Waals surface area contributed by atoms with Crippen molar-refractivity contribution in [2.45, 2.75) is 6.92 Å². The third-order valence-corrected chi connectivity index (χ3v) is 4.87. The zero-order valence-electron chi connectivity index (χ0n) is 14.4. The van der Waals surface area contributed by atoms with E-state index in [0.29, 0.717) is 27.2 Å². The Morgan fingerprint density at radius 3 is 2.59 bits per heavy atom. The van der Waals surface area contributed by atoms with Gasteiger partial charge in [-0.25, -0.2) is 9.78 Å². The minimum absolute atomic E-state index is 0.137. The molecule has 6 nitrogen and oxygen atoms in total. The molecule has 0 atom stereocenters. The predicted molar refractivity (Wildman–Crippen MR) is 104 cm³/mol. The lowest BCUT2D eigenvalue weighted by Gasteiger charge is -2.09. The van der Waals surface area contributed by atoms with Crippen molar-refractivity contribution in [3.8, 4) is 28.4 Å². The summed E-state index contributed by atoms with van der Waals surface area (Å²) in [4.78, 5) is 21.1. The number of hydrogen-bond donors (Lipinski definition) is 1. The van der Waals surface area contributed by atoms with Gasteiger partial charge in [-0.3, -0.25) is 4.98 Å². The van der Waals surface area contributed by atoms with Gasteiger partial charge < -0.3 is 9.84 Å². The Balaban J connectivity index is 2.05. The van der Waals surface area contributed by atoms with Crippen molar-refractivity contribution < 1.29 is 14.6 Å². The predicted octanol–water partition coefficient (Wildman–Crippen LogP) is 4.30. The molecule has 27 heavy (non-hydrogen) atoms. The molecule has 0 unspecified atom stereocenters. The van der Waals surface area contributed by atoms with E-state index in [0.717, 1.165) is 5.56 Å². The first-order valence-corrected chi connectivity index (χ1v) is 9.14. The molecule has 0 amide bonds. The molecule has 1 N–H and O–H groups in total. The third kappa shape index (κ3) is 3.02. The van der Waals surface area contributed by atoms with E-state index >= 15 is 0 Å². The number of aromatic nitrogens is 3. The molecule has 7 heteroatoms. The van der Waals surface area contributed by atoms with E-state index in [1.807, 2.05) is 36.4 Å². The van der Waals surface area contributed by atoms with Crippen LogP contribution in [0.1, 0.15) is 17.4 Å². The fourth-order valence-corrected chi connectivity index (χ4v) is 3.72. The van der Waals surface area contributed by atoms with Gasteiger partial charge in [-0.2, -0.15) is 4.37 Å². The molecule has 0 saturated carbocycles. The lowest BCUT2D eigenvalue weighted by atomic mass is 10.1. The van der Waals surface area contributed by atoms with Gasteiger partial charge in [0, 0.05) is 11.8 Å². The van der Waals surface area contributed by atoms with Crippen LogP contribution in [0.4, 0.5) is 0 Å². The molecule has 0 radical (unpaired) electrons. The number of pyridine rings is 2. The van der Waals surface area contributed by atoms with Crippen molar-refractivity contribution >= 4 is 27.6 Å². The van der Waals surface area contributed by atoms with Crippen LogP contribution in [0.5, 0.6) is 5.75 Å². The highest BCUT2D eigenvalue weighted by Gasteiger charge is 2.25. The Morgan fingerprint density at radius 2 is 1.89 bits per heavy atom. The Morgan fingerprint density at radius 1 is 1.11 bits per heavy atom. The molecule has 3 heterocycles. The van der Waals surface area contributed by atoms with Crippen molar-refractivity contribution in [3.63, 3.8) is 0 Å². The number of fused-ring (bicyclic) bond motifs is 1. The lowest BCUT2D eigenvalue weighted by molar-refractivity contribution is 0.0516. The van der Waals surface area contributed by atoms with E-state index in [4.69, 9.17) is 4.74 Å². The number of esters is 1. The van der Waals surface area contributed by atoms with Gasteiger partial charge in [0.2, 0.25) is 0 Å². The second kappa shape index (κ2) is 7.13. The molecule has 0 saturated heterocycles. The number of carbonyl (C=O) groups excluding carboxylic acids is 1. The molecular formula is C20H15N3O3S. The zero-order valence-corrected chi connectivity index (χ0v) is 15.2. The van der Waals surface area contributed by atoms with E-state index in [1.54, 1.807) is 25.3 Å². The van der Waals surface area contributed by atoms with Crippen molar-refractivity contribution in [3.05, 3.63) is 60.4 Å². The van der Waals surface area contributed by atoms with Crippen LogP contribution in [0, 0.1) is 0 Å². The SMILES string of the molecule is CCOC(=O)c1nc(-c2ccccn2)c2snc(-c3ccccc3)c2c1O. The van der Waals surface area contributed by atoms with Gasteiger partial charge in [0.15, 0.2) is 11.4 Å². The van der Waals surface area contributed by atoms with Crippen LogP contribution in [0.3, 0.4) is 0 Å². The summed E-state index contributed by atoms with van der Waals surface area (Å²) in [5.41, 5.74) is 2.38. The first-order valence-electron chi connectivity index (χ1n) is 8.37. The normalized spacial score (nSPS) is 10.9. The maximum atomic E-state index is 12.4. The van der Waals surface area contributed by atoms with E-state index in [9.17, 15) is 9.90 Å². The third-order valence-electron chi connectivity index (χ3n) is 4.02. The Labute approximate surface area is 159 Å². The van der Waals surface area contributed by atoms with Crippen LogP contribution in [-0.2, 0) is 4.74 Å². The van der Waals surface area contributed by atoms with Gasteiger partial charge in [0.25, 0.3) is 0 Å². The van der Waals surface area contributed by atoms with Crippen LogP contribution >= 0.6 is 11.5 Å². The molecule has 4 rings (SSSR count). The standard InChI is InChI=1S/C20H15N3O3S/c1-2-26-20(25)17-18(24)14-15(12-8-4-3-5-9-12)23-27-19(14)16(22-17)13-10-6-7-11-21-13/h3-11,24H,2H2,1H3. The monoisotopic (exact) mass is 377 g/mol. The zero-order chi connectivity index (χ0) is 18.8. The van der Waals surface area contributed by atoms with Gasteiger partial charge in [-0.1, -0.05) is 36.4 Å². The Kier molecular flexibility index (Phi) is 4.52. The summed E-state index contributed by atoms with van der Waals surface area (Å²) in [7, 11) is 0. The number of benzene rings is 1. The topological polar surface area (TPSA) is 85.2 Å². The van der Waals surface area contributed by atoms with Crippen LogP contribution in [-0.4, -0.2) is 32.0 Å². The molecular weight excluding hydrogens is 362 g/mol. The average molecular weight is 377 g/mol. The number of ether oxygens (including phenoxy) is 1. The quantitative estimate of drug-likeness (QED) is 0.534. The van der Waals surface area contributed by atoms with Crippen molar-refractivity contribution in [1.82, 2.24) is 14.3 Å². The van der Waals surface area contributed by atoms with Gasteiger partial charge in [-0.05, 0) is 30.6 Å². The fraction of sp³-hybridized carbons (Fsp3) is 0.100. The number of hydrogen-bond acceptors (Lipinski definition) is 7. The largest absolute Gasteiger partial charge is 0.505 e. The van der Waals surface area contributed by atoms with Gasteiger partial charge in [-0.15, -0.1) is 0 Å². The van der Waals surface area contributed by atoms with E-state index in [1.165, 1.54) is 11.5 Å². The summed E-state index contributed by atoms with van der Waals surface area (Å²) in [6.07, 6.45) is 1.65. The smallest absolute Gasteiger partial charge is 0.360 e. The molecule has 0 bridgehead atoms. The summed E-state index contributed by atoms with van der Waals surface area (Å²) < 4.78 is 10.3. The van der Waals surface area contributed by atoms with Gasteiger partial charge in [0.05, 0.1) is 28.1 Å². The van der Waals surface area contributed by atoms with Crippen LogP contribution in [0.2, 0.25) is 0 Å². The first-order chi connectivity index (χ1) is 13.2. The fourth-order valence-electron chi connectivity index (χ4n) is 2.82. The van der Waals surface area contributed by atoms with E-state index < -0.39 is 5.97 Å². The molecule has 4 aromatic rings. The summed E-state index contributed by atoms with van der Waals surface area (Å²) in [5.74, 6) is -0.907. The van der Waals surface area contributed by atoms with Crippen LogP contribution in [0.25, 0.3) is 32.7 Å². The molecule has 3 aromatic heterocycles.